The zero-order valence-corrected chi connectivity index (χ0v) is 48.3. The zero-order valence-electron chi connectivity index (χ0n) is 48.3. The topological polar surface area (TPSA) is 229 Å². The van der Waals surface area contributed by atoms with Gasteiger partial charge in [0, 0.05) is 80.9 Å². The predicted molar refractivity (Wildman–Crippen MR) is 279 cm³/mol. The van der Waals surface area contributed by atoms with Gasteiger partial charge in [0.1, 0.15) is 30.5 Å². The number of carbonyl (C=O) groups is 6. The normalized spacial score (nSPS) is 33.0. The highest BCUT2D eigenvalue weighted by molar-refractivity contribution is 5.73. The van der Waals surface area contributed by atoms with E-state index < -0.39 is 140 Å². The number of rotatable bonds is 21. The van der Waals surface area contributed by atoms with Crippen molar-refractivity contribution in [3.63, 3.8) is 0 Å². The number of hydrogen-bond donors (Lipinski definition) is 0. The third kappa shape index (κ3) is 19.8. The van der Waals surface area contributed by atoms with E-state index in [9.17, 15) is 28.8 Å². The van der Waals surface area contributed by atoms with Gasteiger partial charge in [-0.25, -0.2) is 0 Å². The molecule has 0 amide bonds. The Morgan fingerprint density at radius 1 is 0.779 bits per heavy atom. The maximum absolute atomic E-state index is 14.1. The van der Waals surface area contributed by atoms with Crippen molar-refractivity contribution in [2.75, 3.05) is 55.1 Å². The van der Waals surface area contributed by atoms with Crippen molar-refractivity contribution >= 4 is 35.8 Å². The first-order valence-corrected chi connectivity index (χ1v) is 27.2. The van der Waals surface area contributed by atoms with E-state index in [1.54, 1.807) is 55.6 Å². The maximum atomic E-state index is 14.1. The Kier molecular flexibility index (Phi) is 26.6. The van der Waals surface area contributed by atoms with Crippen LogP contribution in [0.2, 0.25) is 0 Å². The van der Waals surface area contributed by atoms with E-state index in [1.807, 2.05) is 30.0 Å². The van der Waals surface area contributed by atoms with Gasteiger partial charge in [-0.05, 0) is 91.4 Å². The van der Waals surface area contributed by atoms with Gasteiger partial charge in [0.15, 0.2) is 36.7 Å². The molecule has 3 heterocycles. The van der Waals surface area contributed by atoms with Crippen LogP contribution in [-0.4, -0.2) is 192 Å². The van der Waals surface area contributed by atoms with Gasteiger partial charge in [-0.15, -0.1) is 0 Å². The first-order chi connectivity index (χ1) is 36.4. The summed E-state index contributed by atoms with van der Waals surface area (Å²) in [5.74, 6) is -4.54. The summed E-state index contributed by atoms with van der Waals surface area (Å²) in [5.41, 5.74) is -0.170. The number of hydrogen-bond acceptors (Lipinski definition) is 21. The molecule has 3 aliphatic rings. The zero-order chi connectivity index (χ0) is 57.1. The minimum Gasteiger partial charge on any atom is -0.463 e. The molecule has 1 aromatic carbocycles. The second-order valence-electron chi connectivity index (χ2n) is 21.1. The summed E-state index contributed by atoms with van der Waals surface area (Å²) in [5, 5.41) is 0. The standard InChI is InChI=1S/C56H90N2O19/c1-16-44(62)73-42-30-46(64)68-34(4)25-27-58(26-21-24-40-22-19-18-20-23-40)32-43(71-37(7)59)33(3)28-41(29-47(65-13)66-14)51(52(42)67-15)76-55-53(72-38(8)60)49(57(11)12)50(35(5)70-55)75-48-31-56(10,77-39(9)61)54(36(6)69-48)74-45(63)17-2/h18-20,22-23,33-36,41-43,47-55H,16-17,21,24-32H2,1-15H3/t33-,34-,35-,36+,41-,42-,43+,48+,49+,50-,51+,52+,53-,54+,55+,56-/m1/s1. The molecule has 438 valence electrons. The molecule has 0 aliphatic carbocycles. The lowest BCUT2D eigenvalue weighted by molar-refractivity contribution is -0.346. The number of cyclic esters (lactones) is 1. The molecule has 0 N–H and O–H groups in total. The van der Waals surface area contributed by atoms with Crippen molar-refractivity contribution in [3.05, 3.63) is 35.9 Å². The van der Waals surface area contributed by atoms with Crippen molar-refractivity contribution < 1.29 is 90.3 Å². The van der Waals surface area contributed by atoms with Crippen LogP contribution in [0.4, 0.5) is 0 Å². The lowest BCUT2D eigenvalue weighted by Gasteiger charge is -2.51. The fourth-order valence-corrected chi connectivity index (χ4v) is 10.9. The van der Waals surface area contributed by atoms with E-state index in [1.165, 1.54) is 47.7 Å². The minimum atomic E-state index is -1.39. The van der Waals surface area contributed by atoms with Crippen LogP contribution in [0.25, 0.3) is 0 Å². The van der Waals surface area contributed by atoms with Crippen molar-refractivity contribution in [2.45, 2.75) is 219 Å². The molecule has 0 spiro atoms. The lowest BCUT2D eigenvalue weighted by atomic mass is 9.81. The highest BCUT2D eigenvalue weighted by Crippen LogP contribution is 2.40. The van der Waals surface area contributed by atoms with Crippen LogP contribution < -0.4 is 0 Å². The molecule has 16 atom stereocenters. The van der Waals surface area contributed by atoms with Crippen LogP contribution in [0.3, 0.4) is 0 Å². The van der Waals surface area contributed by atoms with Crippen LogP contribution in [0.15, 0.2) is 30.3 Å². The van der Waals surface area contributed by atoms with E-state index >= 15 is 0 Å². The minimum absolute atomic E-state index is 0.0261. The third-order valence-electron chi connectivity index (χ3n) is 14.6. The Morgan fingerprint density at radius 2 is 1.43 bits per heavy atom. The molecule has 21 heteroatoms. The molecule has 0 bridgehead atoms. The van der Waals surface area contributed by atoms with Gasteiger partial charge in [-0.1, -0.05) is 51.1 Å². The van der Waals surface area contributed by atoms with Gasteiger partial charge in [0.2, 0.25) is 0 Å². The molecule has 3 aliphatic heterocycles. The van der Waals surface area contributed by atoms with E-state index in [0.29, 0.717) is 26.1 Å². The van der Waals surface area contributed by atoms with Gasteiger partial charge in [-0.2, -0.15) is 0 Å². The molecule has 77 heavy (non-hydrogen) atoms. The van der Waals surface area contributed by atoms with Gasteiger partial charge in [-0.3, -0.25) is 33.7 Å². The van der Waals surface area contributed by atoms with Crippen LogP contribution >= 0.6 is 0 Å². The van der Waals surface area contributed by atoms with Gasteiger partial charge in [0.05, 0.1) is 30.8 Å². The van der Waals surface area contributed by atoms with Gasteiger partial charge in [0.25, 0.3) is 0 Å². The predicted octanol–water partition coefficient (Wildman–Crippen LogP) is 5.72. The summed E-state index contributed by atoms with van der Waals surface area (Å²) >= 11 is 0. The van der Waals surface area contributed by atoms with Crippen LogP contribution in [0.5, 0.6) is 0 Å². The molecule has 4 rings (SSSR count). The van der Waals surface area contributed by atoms with Gasteiger partial charge < -0.3 is 66.5 Å². The average molecular weight is 1100 g/mol. The largest absolute Gasteiger partial charge is 0.463 e. The van der Waals surface area contributed by atoms with Crippen molar-refractivity contribution in [1.29, 1.82) is 0 Å². The maximum Gasteiger partial charge on any atom is 0.309 e. The first-order valence-electron chi connectivity index (χ1n) is 27.2. The first kappa shape index (κ1) is 65.2. The van der Waals surface area contributed by atoms with E-state index in [-0.39, 0.29) is 38.0 Å². The number of esters is 6. The summed E-state index contributed by atoms with van der Waals surface area (Å²) in [4.78, 5) is 83.0. The smallest absolute Gasteiger partial charge is 0.309 e. The quantitative estimate of drug-likeness (QED) is 0.0814. The van der Waals surface area contributed by atoms with Crippen molar-refractivity contribution in [2.24, 2.45) is 11.8 Å². The number of carbonyl (C=O) groups excluding carboxylic acids is 6. The number of likely N-dealkylation sites (N-methyl/N-ethyl adjacent to an activating group) is 1. The monoisotopic (exact) mass is 1090 g/mol. The third-order valence-corrected chi connectivity index (χ3v) is 14.6. The Labute approximate surface area is 456 Å². The van der Waals surface area contributed by atoms with Crippen molar-refractivity contribution in [3.8, 4) is 0 Å². The fraction of sp³-hybridized carbons (Fsp3) is 0.786. The highest BCUT2D eigenvalue weighted by Gasteiger charge is 2.56. The van der Waals surface area contributed by atoms with Crippen molar-refractivity contribution in [1.82, 2.24) is 9.80 Å². The summed E-state index contributed by atoms with van der Waals surface area (Å²) in [6, 6.07) is 9.35. The Bertz CT molecular complexity index is 2010. The van der Waals surface area contributed by atoms with Gasteiger partial charge >= 0.3 is 35.8 Å². The molecule has 0 radical (unpaired) electrons. The average Bonchev–Trinajstić information content (AvgIpc) is 3.36. The Balaban J connectivity index is 1.86. The molecule has 1 aromatic rings. The van der Waals surface area contributed by atoms with Crippen LogP contribution in [-0.2, 0) is 96.8 Å². The molecular formula is C56H90N2O19. The second kappa shape index (κ2) is 31.5. The number of nitrogens with zero attached hydrogens (tertiary/aromatic N) is 2. The summed E-state index contributed by atoms with van der Waals surface area (Å²) in [6.07, 6.45) is -10.8. The van der Waals surface area contributed by atoms with Crippen LogP contribution in [0.1, 0.15) is 126 Å². The molecule has 0 unspecified atom stereocenters. The molecule has 21 nitrogen and oxygen atoms in total. The van der Waals surface area contributed by atoms with E-state index in [4.69, 9.17) is 61.6 Å². The number of aryl methyl sites for hydroxylation is 1. The molecule has 3 saturated heterocycles. The summed E-state index contributed by atoms with van der Waals surface area (Å²) in [6.45, 7) is 17.6. The number of ether oxygens (including phenoxy) is 13. The summed E-state index contributed by atoms with van der Waals surface area (Å²) in [7, 11) is 7.97. The Morgan fingerprint density at radius 3 is 2.01 bits per heavy atom. The molecule has 3 fully saturated rings. The lowest BCUT2D eigenvalue weighted by Crippen LogP contribution is -2.67. The number of methoxy groups -OCH3 is 3. The number of benzene rings is 1. The fourth-order valence-electron chi connectivity index (χ4n) is 10.9. The Hall–Kier alpha value is -4.32. The highest BCUT2D eigenvalue weighted by atomic mass is 16.7. The molecule has 0 aromatic heterocycles. The molecule has 0 saturated carbocycles. The van der Waals surface area contributed by atoms with Crippen LogP contribution in [0, 0.1) is 11.8 Å². The van der Waals surface area contributed by atoms with E-state index in [0.717, 1.165) is 12.8 Å². The molecular weight excluding hydrogens is 1000 g/mol. The summed E-state index contributed by atoms with van der Waals surface area (Å²) < 4.78 is 81.3. The van der Waals surface area contributed by atoms with E-state index in [2.05, 4.69) is 17.0 Å². The second-order valence-corrected chi connectivity index (χ2v) is 21.1. The SMILES string of the molecule is CCC(=O)O[C@@H]1CC(=O)O[C@H](C)CCN(CCCc2ccccc2)C[C@H](OC(C)=O)[C@H](C)C[C@H](CC(OC)OC)[C@H](O[C@@H]2O[C@H](C)[C@@H](O[C@H]3C[C@@](C)(OC(C)=O)[C@@H](OC(=O)CC)[C@H](C)O3)[C@H](N(C)C)[C@H]2OC(C)=O)[C@H]1OC.